The van der Waals surface area contributed by atoms with Gasteiger partial charge in [0.15, 0.2) is 0 Å². The number of nitrogens with one attached hydrogen (secondary N) is 2. The highest BCUT2D eigenvalue weighted by Gasteiger charge is 2.19. The van der Waals surface area contributed by atoms with Gasteiger partial charge in [0.25, 0.3) is 0 Å². The van der Waals surface area contributed by atoms with E-state index in [9.17, 15) is 9.18 Å². The maximum absolute atomic E-state index is 12.8. The van der Waals surface area contributed by atoms with Crippen molar-refractivity contribution in [3.63, 3.8) is 0 Å². The Balaban J connectivity index is 1.71. The van der Waals surface area contributed by atoms with Crippen molar-refractivity contribution in [2.24, 2.45) is 0 Å². The normalized spacial score (nSPS) is 11.5. The van der Waals surface area contributed by atoms with Crippen LogP contribution in [0.4, 0.5) is 4.39 Å². The van der Waals surface area contributed by atoms with Crippen LogP contribution < -0.4 is 5.32 Å². The molecular weight excluding hydrogens is 315 g/mol. The second-order valence-corrected chi connectivity index (χ2v) is 7.17. The average molecular weight is 336 g/mol. The molecule has 0 radical (unpaired) electrons. The fourth-order valence-corrected chi connectivity index (χ4v) is 2.45. The SMILES string of the molecule is CC(C)(C)c1nc(SCC(=O)NCCc2ccc(F)cc2)n[nH]1. The summed E-state index contributed by atoms with van der Waals surface area (Å²) in [4.78, 5) is 16.2. The van der Waals surface area contributed by atoms with Gasteiger partial charge in [0, 0.05) is 12.0 Å². The third-order valence-electron chi connectivity index (χ3n) is 3.16. The van der Waals surface area contributed by atoms with Gasteiger partial charge in [-0.15, -0.1) is 5.10 Å². The fraction of sp³-hybridized carbons (Fsp3) is 0.438. The molecule has 1 amide bonds. The van der Waals surface area contributed by atoms with Crippen LogP contribution in [0, 0.1) is 5.82 Å². The molecule has 2 rings (SSSR count). The zero-order chi connectivity index (χ0) is 16.9. The number of hydrogen-bond donors (Lipinski definition) is 2. The van der Waals surface area contributed by atoms with Crippen molar-refractivity contribution >= 4 is 17.7 Å². The van der Waals surface area contributed by atoms with Gasteiger partial charge in [-0.3, -0.25) is 9.89 Å². The van der Waals surface area contributed by atoms with Gasteiger partial charge in [-0.1, -0.05) is 44.7 Å². The highest BCUT2D eigenvalue weighted by molar-refractivity contribution is 7.99. The number of carbonyl (C=O) groups is 1. The maximum atomic E-state index is 12.8. The average Bonchev–Trinajstić information content (AvgIpc) is 2.96. The molecule has 2 N–H and O–H groups in total. The number of thioether (sulfide) groups is 1. The van der Waals surface area contributed by atoms with Crippen LogP contribution in [-0.2, 0) is 16.6 Å². The van der Waals surface area contributed by atoms with Crippen molar-refractivity contribution in [2.45, 2.75) is 37.8 Å². The van der Waals surface area contributed by atoms with Crippen LogP contribution in [0.2, 0.25) is 0 Å². The van der Waals surface area contributed by atoms with Gasteiger partial charge in [-0.05, 0) is 24.1 Å². The standard InChI is InChI=1S/C16H21FN4OS/c1-16(2,3)14-19-15(21-20-14)23-10-13(22)18-9-8-11-4-6-12(17)7-5-11/h4-7H,8-10H2,1-3H3,(H,18,22)(H,19,20,21). The lowest BCUT2D eigenvalue weighted by Gasteiger charge is -2.12. The van der Waals surface area contributed by atoms with Gasteiger partial charge in [-0.25, -0.2) is 9.37 Å². The lowest BCUT2D eigenvalue weighted by atomic mass is 9.96. The highest BCUT2D eigenvalue weighted by atomic mass is 32.2. The van der Waals surface area contributed by atoms with E-state index < -0.39 is 0 Å². The molecular formula is C16H21FN4OS. The van der Waals surface area contributed by atoms with Crippen LogP contribution in [0.3, 0.4) is 0 Å². The fourth-order valence-electron chi connectivity index (χ4n) is 1.82. The minimum atomic E-state index is -0.254. The summed E-state index contributed by atoms with van der Waals surface area (Å²) in [6.07, 6.45) is 0.672. The summed E-state index contributed by atoms with van der Waals surface area (Å²) in [5, 5.41) is 10.4. The smallest absolute Gasteiger partial charge is 0.230 e. The minimum Gasteiger partial charge on any atom is -0.355 e. The molecule has 0 atom stereocenters. The Morgan fingerprint density at radius 1 is 1.30 bits per heavy atom. The Morgan fingerprint density at radius 2 is 2.00 bits per heavy atom. The van der Waals surface area contributed by atoms with E-state index in [-0.39, 0.29) is 22.9 Å². The van der Waals surface area contributed by atoms with Gasteiger partial charge in [0.1, 0.15) is 11.6 Å². The number of amides is 1. The molecule has 0 aliphatic rings. The van der Waals surface area contributed by atoms with E-state index in [0.717, 1.165) is 11.4 Å². The van der Waals surface area contributed by atoms with Crippen molar-refractivity contribution in [1.82, 2.24) is 20.5 Å². The summed E-state index contributed by atoms with van der Waals surface area (Å²) in [5.41, 5.74) is 0.895. The maximum Gasteiger partial charge on any atom is 0.230 e. The zero-order valence-corrected chi connectivity index (χ0v) is 14.3. The largest absolute Gasteiger partial charge is 0.355 e. The topological polar surface area (TPSA) is 70.7 Å². The first-order valence-corrected chi connectivity index (χ1v) is 8.40. The Hall–Kier alpha value is -1.89. The van der Waals surface area contributed by atoms with Crippen molar-refractivity contribution in [3.8, 4) is 0 Å². The number of aromatic nitrogens is 3. The Labute approximate surface area is 139 Å². The number of rotatable bonds is 6. The summed E-state index contributed by atoms with van der Waals surface area (Å²) in [7, 11) is 0. The van der Waals surface area contributed by atoms with Crippen LogP contribution in [0.25, 0.3) is 0 Å². The van der Waals surface area contributed by atoms with Crippen LogP contribution in [-0.4, -0.2) is 33.4 Å². The number of H-pyrrole nitrogens is 1. The van der Waals surface area contributed by atoms with E-state index in [4.69, 9.17) is 0 Å². The number of carbonyl (C=O) groups excluding carboxylic acids is 1. The van der Waals surface area contributed by atoms with Crippen molar-refractivity contribution in [1.29, 1.82) is 0 Å². The van der Waals surface area contributed by atoms with Gasteiger partial charge >= 0.3 is 0 Å². The van der Waals surface area contributed by atoms with E-state index in [1.807, 2.05) is 20.8 Å². The lowest BCUT2D eigenvalue weighted by molar-refractivity contribution is -0.118. The minimum absolute atomic E-state index is 0.0702. The molecule has 124 valence electrons. The first kappa shape index (κ1) is 17.5. The van der Waals surface area contributed by atoms with E-state index in [1.165, 1.54) is 23.9 Å². The molecule has 7 heteroatoms. The molecule has 23 heavy (non-hydrogen) atoms. The molecule has 0 spiro atoms. The molecule has 0 saturated carbocycles. The summed E-state index contributed by atoms with van der Waals surface area (Å²) in [6.45, 7) is 6.66. The van der Waals surface area contributed by atoms with Gasteiger partial charge in [0.05, 0.1) is 5.75 Å². The van der Waals surface area contributed by atoms with E-state index in [2.05, 4.69) is 20.5 Å². The third-order valence-corrected chi connectivity index (χ3v) is 4.00. The summed E-state index contributed by atoms with van der Waals surface area (Å²) < 4.78 is 12.8. The van der Waals surface area contributed by atoms with Crippen LogP contribution in [0.1, 0.15) is 32.2 Å². The summed E-state index contributed by atoms with van der Waals surface area (Å²) in [5.74, 6) is 0.747. The summed E-state index contributed by atoms with van der Waals surface area (Å²) in [6, 6.07) is 6.28. The van der Waals surface area contributed by atoms with Crippen molar-refractivity contribution in [3.05, 3.63) is 41.5 Å². The third kappa shape index (κ3) is 5.67. The molecule has 0 fully saturated rings. The molecule has 2 aromatic rings. The number of halogens is 1. The monoisotopic (exact) mass is 336 g/mol. The van der Waals surface area contributed by atoms with Crippen LogP contribution in [0.5, 0.6) is 0 Å². The molecule has 0 bridgehead atoms. The second-order valence-electron chi connectivity index (χ2n) is 6.23. The Kier molecular flexibility index (Phi) is 5.76. The molecule has 5 nitrogen and oxygen atoms in total. The molecule has 0 saturated heterocycles. The second kappa shape index (κ2) is 7.59. The Morgan fingerprint density at radius 3 is 2.61 bits per heavy atom. The van der Waals surface area contributed by atoms with E-state index in [0.29, 0.717) is 18.1 Å². The molecule has 1 heterocycles. The predicted octanol–water partition coefficient (Wildman–Crippen LogP) is 2.69. The highest BCUT2D eigenvalue weighted by Crippen LogP contribution is 2.20. The molecule has 1 aromatic heterocycles. The molecule has 0 aliphatic carbocycles. The van der Waals surface area contributed by atoms with Gasteiger partial charge < -0.3 is 5.32 Å². The summed E-state index contributed by atoms with van der Waals surface area (Å²) >= 11 is 1.30. The van der Waals surface area contributed by atoms with Gasteiger partial charge in [-0.2, -0.15) is 0 Å². The predicted molar refractivity (Wildman–Crippen MR) is 88.9 cm³/mol. The van der Waals surface area contributed by atoms with Crippen molar-refractivity contribution < 1.29 is 9.18 Å². The quantitative estimate of drug-likeness (QED) is 0.796. The van der Waals surface area contributed by atoms with Crippen LogP contribution >= 0.6 is 11.8 Å². The zero-order valence-electron chi connectivity index (χ0n) is 13.5. The van der Waals surface area contributed by atoms with Crippen LogP contribution in [0.15, 0.2) is 29.4 Å². The number of hydrogen-bond acceptors (Lipinski definition) is 4. The van der Waals surface area contributed by atoms with Gasteiger partial charge in [0.2, 0.25) is 11.1 Å². The van der Waals surface area contributed by atoms with E-state index in [1.54, 1.807) is 12.1 Å². The van der Waals surface area contributed by atoms with E-state index >= 15 is 0 Å². The first-order valence-electron chi connectivity index (χ1n) is 7.41. The lowest BCUT2D eigenvalue weighted by Crippen LogP contribution is -2.27. The number of nitrogens with zero attached hydrogens (tertiary/aromatic N) is 2. The Bertz CT molecular complexity index is 649. The molecule has 0 unspecified atom stereocenters. The molecule has 0 aliphatic heterocycles. The number of benzene rings is 1. The molecule has 1 aromatic carbocycles. The number of aromatic amines is 1. The van der Waals surface area contributed by atoms with Crippen molar-refractivity contribution in [2.75, 3.05) is 12.3 Å². The first-order chi connectivity index (χ1) is 10.8.